The molecule has 0 saturated carbocycles. The molecule has 0 aliphatic rings. The van der Waals surface area contributed by atoms with Gasteiger partial charge in [-0.05, 0) is 32.0 Å². The SMILES string of the molecule is Cc1csc(-c2nc(C)c(C(N)=O)c(-n3ccc4nc(C(F)F)ccc43)n2)n1. The van der Waals surface area contributed by atoms with E-state index >= 15 is 0 Å². The van der Waals surface area contributed by atoms with Crippen molar-refractivity contribution in [2.24, 2.45) is 5.73 Å². The van der Waals surface area contributed by atoms with E-state index in [2.05, 4.69) is 19.9 Å². The first-order valence-electron chi connectivity index (χ1n) is 8.22. The Morgan fingerprint density at radius 2 is 1.93 bits per heavy atom. The monoisotopic (exact) mass is 400 g/mol. The van der Waals surface area contributed by atoms with Crippen LogP contribution in [0.1, 0.15) is 33.9 Å². The van der Waals surface area contributed by atoms with Crippen molar-refractivity contribution in [3.63, 3.8) is 0 Å². The van der Waals surface area contributed by atoms with Crippen LogP contribution in [0, 0.1) is 13.8 Å². The molecular formula is C18H14F2N6OS. The number of fused-ring (bicyclic) bond motifs is 1. The molecule has 0 unspecified atom stereocenters. The van der Waals surface area contributed by atoms with Crippen molar-refractivity contribution in [1.29, 1.82) is 0 Å². The highest BCUT2D eigenvalue weighted by atomic mass is 32.1. The summed E-state index contributed by atoms with van der Waals surface area (Å²) in [4.78, 5) is 29.3. The van der Waals surface area contributed by atoms with Gasteiger partial charge in [0.2, 0.25) is 0 Å². The molecule has 10 heteroatoms. The van der Waals surface area contributed by atoms with Crippen LogP contribution in [0.2, 0.25) is 0 Å². The zero-order valence-corrected chi connectivity index (χ0v) is 15.7. The zero-order valence-electron chi connectivity index (χ0n) is 14.8. The minimum atomic E-state index is -2.67. The summed E-state index contributed by atoms with van der Waals surface area (Å²) in [5.41, 5.74) is 7.50. The third kappa shape index (κ3) is 3.01. The maximum absolute atomic E-state index is 12.9. The number of hydrogen-bond donors (Lipinski definition) is 1. The number of thiazole rings is 1. The smallest absolute Gasteiger partial charge is 0.280 e. The largest absolute Gasteiger partial charge is 0.365 e. The third-order valence-corrected chi connectivity index (χ3v) is 5.10. The Balaban J connectivity index is 1.96. The summed E-state index contributed by atoms with van der Waals surface area (Å²) in [5, 5.41) is 2.48. The predicted octanol–water partition coefficient (Wildman–Crippen LogP) is 3.59. The van der Waals surface area contributed by atoms with Gasteiger partial charge >= 0.3 is 0 Å². The number of alkyl halides is 2. The highest BCUT2D eigenvalue weighted by Gasteiger charge is 2.21. The lowest BCUT2D eigenvalue weighted by atomic mass is 10.2. The number of primary amides is 1. The number of rotatable bonds is 4. The van der Waals surface area contributed by atoms with Crippen molar-refractivity contribution < 1.29 is 13.6 Å². The summed E-state index contributed by atoms with van der Waals surface area (Å²) in [7, 11) is 0. The Kier molecular flexibility index (Phi) is 4.34. The van der Waals surface area contributed by atoms with Crippen LogP contribution in [-0.2, 0) is 0 Å². The quantitative estimate of drug-likeness (QED) is 0.564. The van der Waals surface area contributed by atoms with Crippen LogP contribution in [0.25, 0.3) is 27.7 Å². The number of nitrogens with two attached hydrogens (primary N) is 1. The highest BCUT2D eigenvalue weighted by Crippen LogP contribution is 2.28. The van der Waals surface area contributed by atoms with Crippen molar-refractivity contribution in [1.82, 2.24) is 24.5 Å². The van der Waals surface area contributed by atoms with Gasteiger partial charge in [0, 0.05) is 17.3 Å². The fourth-order valence-corrected chi connectivity index (χ4v) is 3.64. The maximum atomic E-state index is 12.9. The molecule has 1 amide bonds. The van der Waals surface area contributed by atoms with E-state index in [0.717, 1.165) is 5.69 Å². The number of pyridine rings is 1. The van der Waals surface area contributed by atoms with Gasteiger partial charge in [-0.2, -0.15) is 0 Å². The summed E-state index contributed by atoms with van der Waals surface area (Å²) in [6.07, 6.45) is -1.06. The average Bonchev–Trinajstić information content (AvgIpc) is 3.26. The van der Waals surface area contributed by atoms with Gasteiger partial charge in [0.25, 0.3) is 12.3 Å². The number of hydrogen-bond acceptors (Lipinski definition) is 6. The molecular weight excluding hydrogens is 386 g/mol. The zero-order chi connectivity index (χ0) is 20.0. The van der Waals surface area contributed by atoms with Crippen LogP contribution in [0.3, 0.4) is 0 Å². The van der Waals surface area contributed by atoms with Gasteiger partial charge in [0.1, 0.15) is 11.3 Å². The highest BCUT2D eigenvalue weighted by molar-refractivity contribution is 7.13. The Hall–Kier alpha value is -3.27. The van der Waals surface area contributed by atoms with Gasteiger partial charge < -0.3 is 5.73 Å². The van der Waals surface area contributed by atoms with E-state index in [0.29, 0.717) is 27.6 Å². The molecule has 0 saturated heterocycles. The lowest BCUT2D eigenvalue weighted by molar-refractivity contribution is 0.0999. The molecule has 0 radical (unpaired) electrons. The van der Waals surface area contributed by atoms with Gasteiger partial charge in [-0.25, -0.2) is 28.7 Å². The standard InChI is InChI=1S/C18H14F2N6OS/c1-8-7-28-18(22-8)16-23-9(2)13(15(21)27)17(25-16)26-6-5-10-12(26)4-3-11(24-10)14(19)20/h3-7,14H,1-2H3,(H2,21,27). The van der Waals surface area contributed by atoms with E-state index in [9.17, 15) is 13.6 Å². The molecule has 142 valence electrons. The molecule has 4 aromatic rings. The van der Waals surface area contributed by atoms with Gasteiger partial charge in [0.15, 0.2) is 16.6 Å². The number of aromatic nitrogens is 5. The van der Waals surface area contributed by atoms with E-state index in [1.165, 1.54) is 23.5 Å². The van der Waals surface area contributed by atoms with Gasteiger partial charge in [-0.1, -0.05) is 0 Å². The lowest BCUT2D eigenvalue weighted by Gasteiger charge is -2.12. The maximum Gasteiger partial charge on any atom is 0.280 e. The Morgan fingerprint density at radius 1 is 1.14 bits per heavy atom. The Bertz CT molecular complexity index is 1220. The normalized spacial score (nSPS) is 11.5. The summed E-state index contributed by atoms with van der Waals surface area (Å²) >= 11 is 1.38. The van der Waals surface area contributed by atoms with Crippen molar-refractivity contribution in [3.05, 3.63) is 52.4 Å². The number of nitrogens with zero attached hydrogens (tertiary/aromatic N) is 5. The summed E-state index contributed by atoms with van der Waals surface area (Å²) in [6.45, 7) is 3.52. The van der Waals surface area contributed by atoms with Crippen LogP contribution in [-0.4, -0.2) is 30.4 Å². The third-order valence-electron chi connectivity index (χ3n) is 4.14. The number of carbonyl (C=O) groups excluding carboxylic acids is 1. The first-order valence-corrected chi connectivity index (χ1v) is 9.10. The van der Waals surface area contributed by atoms with Crippen LogP contribution >= 0.6 is 11.3 Å². The molecule has 0 aromatic carbocycles. The lowest BCUT2D eigenvalue weighted by Crippen LogP contribution is -2.19. The van der Waals surface area contributed by atoms with Gasteiger partial charge in [0.05, 0.1) is 16.7 Å². The molecule has 0 fully saturated rings. The van der Waals surface area contributed by atoms with Crippen molar-refractivity contribution in [3.8, 4) is 16.6 Å². The van der Waals surface area contributed by atoms with Crippen molar-refractivity contribution in [2.45, 2.75) is 20.3 Å². The topological polar surface area (TPSA) is 99.6 Å². The first kappa shape index (κ1) is 18.1. The second kappa shape index (κ2) is 6.71. The first-order chi connectivity index (χ1) is 13.3. The fourth-order valence-electron chi connectivity index (χ4n) is 2.91. The number of halogens is 2. The number of amides is 1. The summed E-state index contributed by atoms with van der Waals surface area (Å²) in [6, 6.07) is 4.34. The fraction of sp³-hybridized carbons (Fsp3) is 0.167. The number of carbonyl (C=O) groups is 1. The molecule has 0 atom stereocenters. The van der Waals surface area contributed by atoms with E-state index in [1.807, 2.05) is 12.3 Å². The molecule has 4 rings (SSSR count). The molecule has 7 nitrogen and oxygen atoms in total. The van der Waals surface area contributed by atoms with Crippen LogP contribution < -0.4 is 5.73 Å². The van der Waals surface area contributed by atoms with E-state index in [4.69, 9.17) is 5.73 Å². The van der Waals surface area contributed by atoms with E-state index in [-0.39, 0.29) is 17.1 Å². The molecule has 0 aliphatic heterocycles. The van der Waals surface area contributed by atoms with Gasteiger partial charge in [-0.15, -0.1) is 11.3 Å². The second-order valence-corrected chi connectivity index (χ2v) is 6.97. The predicted molar refractivity (Wildman–Crippen MR) is 101 cm³/mol. The van der Waals surface area contributed by atoms with Crippen molar-refractivity contribution >= 4 is 28.3 Å². The Morgan fingerprint density at radius 3 is 2.57 bits per heavy atom. The molecule has 4 aromatic heterocycles. The second-order valence-electron chi connectivity index (χ2n) is 6.12. The number of aryl methyl sites for hydroxylation is 2. The minimum Gasteiger partial charge on any atom is -0.365 e. The minimum absolute atomic E-state index is 0.146. The van der Waals surface area contributed by atoms with Crippen LogP contribution in [0.4, 0.5) is 8.78 Å². The Labute approximate surface area is 161 Å². The molecule has 0 aliphatic carbocycles. The average molecular weight is 400 g/mol. The van der Waals surface area contributed by atoms with Crippen molar-refractivity contribution in [2.75, 3.05) is 0 Å². The molecule has 0 bridgehead atoms. The van der Waals surface area contributed by atoms with E-state index < -0.39 is 12.3 Å². The summed E-state index contributed by atoms with van der Waals surface area (Å²) < 4.78 is 27.5. The van der Waals surface area contributed by atoms with Gasteiger partial charge in [-0.3, -0.25) is 9.36 Å². The molecule has 4 heterocycles. The molecule has 2 N–H and O–H groups in total. The molecule has 0 spiro atoms. The van der Waals surface area contributed by atoms with Crippen LogP contribution in [0.5, 0.6) is 0 Å². The summed E-state index contributed by atoms with van der Waals surface area (Å²) in [5.74, 6) is -0.0764. The van der Waals surface area contributed by atoms with Crippen LogP contribution in [0.15, 0.2) is 29.8 Å². The molecule has 28 heavy (non-hydrogen) atoms. The van der Waals surface area contributed by atoms with E-state index in [1.54, 1.807) is 23.8 Å².